The molecule has 2 aromatic carbocycles. The van der Waals surface area contributed by atoms with Crippen LogP contribution in [0, 0.1) is 12.1 Å². The van der Waals surface area contributed by atoms with Gasteiger partial charge in [0.2, 0.25) is 12.7 Å². The molecule has 3 rings (SSSR count). The van der Waals surface area contributed by atoms with Crippen LogP contribution in [-0.4, -0.2) is 67.1 Å². The van der Waals surface area contributed by atoms with Crippen LogP contribution in [0.25, 0.3) is 16.9 Å². The normalized spacial score (nSPS) is 12.2. The zero-order valence-corrected chi connectivity index (χ0v) is 23.6. The van der Waals surface area contributed by atoms with E-state index in [1.165, 1.54) is 12.1 Å². The van der Waals surface area contributed by atoms with Crippen LogP contribution in [0.15, 0.2) is 59.5 Å². The molecule has 0 aliphatic rings. The minimum absolute atomic E-state index is 0.126. The van der Waals surface area contributed by atoms with Gasteiger partial charge in [0.1, 0.15) is 0 Å². The smallest absolute Gasteiger partial charge is 0.510 e. The summed E-state index contributed by atoms with van der Waals surface area (Å²) in [5.41, 5.74) is 0.474. The van der Waals surface area contributed by atoms with E-state index in [9.17, 15) is 36.4 Å². The monoisotopic (exact) mass is 614 g/mol. The number of hydrogen-bond acceptors (Lipinski definition) is 11. The van der Waals surface area contributed by atoms with Crippen molar-refractivity contribution in [3.63, 3.8) is 0 Å². The Balaban J connectivity index is 1.68. The third-order valence-corrected chi connectivity index (χ3v) is 6.70. The molecule has 0 spiro atoms. The van der Waals surface area contributed by atoms with E-state index < -0.39 is 53.4 Å². The number of amides is 1. The number of carbonyl (C=O) groups is 2. The number of rotatable bonds is 11. The molecular formula is C25H27F3N5O8S-. The third kappa shape index (κ3) is 8.73. The van der Waals surface area contributed by atoms with E-state index in [1.807, 2.05) is 6.92 Å². The van der Waals surface area contributed by atoms with Gasteiger partial charge < -0.3 is 14.7 Å². The third-order valence-electron chi connectivity index (χ3n) is 5.31. The summed E-state index contributed by atoms with van der Waals surface area (Å²) in [6.45, 7) is 3.37. The maximum Gasteiger partial charge on any atom is 0.510 e. The van der Waals surface area contributed by atoms with E-state index in [-0.39, 0.29) is 21.6 Å². The number of benzene rings is 2. The molecule has 1 aromatic heterocycles. The van der Waals surface area contributed by atoms with Gasteiger partial charge in [-0.05, 0) is 51.1 Å². The Morgan fingerprint density at radius 2 is 1.71 bits per heavy atom. The fourth-order valence-corrected chi connectivity index (χ4v) is 4.34. The van der Waals surface area contributed by atoms with Crippen molar-refractivity contribution in [3.05, 3.63) is 71.1 Å². The van der Waals surface area contributed by atoms with Gasteiger partial charge in [-0.3, -0.25) is 9.63 Å². The molecule has 0 unspecified atom stereocenters. The maximum absolute atomic E-state index is 13.4. The number of carbonyl (C=O) groups excluding carboxylic acids is 2. The van der Waals surface area contributed by atoms with Crippen molar-refractivity contribution in [1.29, 1.82) is 0 Å². The summed E-state index contributed by atoms with van der Waals surface area (Å²) in [6.07, 6.45) is -6.27. The van der Waals surface area contributed by atoms with Crippen molar-refractivity contribution >= 4 is 22.1 Å². The van der Waals surface area contributed by atoms with Crippen LogP contribution in [-0.2, 0) is 35.3 Å². The van der Waals surface area contributed by atoms with Gasteiger partial charge >= 0.3 is 12.3 Å². The van der Waals surface area contributed by atoms with Crippen molar-refractivity contribution in [1.82, 2.24) is 24.8 Å². The first-order valence-electron chi connectivity index (χ1n) is 12.1. The first-order valence-corrected chi connectivity index (χ1v) is 13.6. The van der Waals surface area contributed by atoms with Gasteiger partial charge in [-0.25, -0.2) is 27.6 Å². The Morgan fingerprint density at radius 1 is 1.10 bits per heavy atom. The second-order valence-corrected chi connectivity index (χ2v) is 10.8. The number of hydrazine groups is 1. The fraction of sp³-hybridized carbons (Fsp3) is 0.320. The van der Waals surface area contributed by atoms with Crippen LogP contribution >= 0.6 is 0 Å². The van der Waals surface area contributed by atoms with Crippen LogP contribution in [0.5, 0.6) is 0 Å². The Labute approximate surface area is 238 Å². The van der Waals surface area contributed by atoms with E-state index >= 15 is 0 Å². The first kappa shape index (κ1) is 32.5. The van der Waals surface area contributed by atoms with Crippen molar-refractivity contribution in [2.45, 2.75) is 37.9 Å². The summed E-state index contributed by atoms with van der Waals surface area (Å²) in [7, 11) is -3.34. The number of aryl methyl sites for hydroxylation is 1. The van der Waals surface area contributed by atoms with Crippen LogP contribution in [0.3, 0.4) is 0 Å². The molecule has 42 heavy (non-hydrogen) atoms. The maximum atomic E-state index is 13.4. The Kier molecular flexibility index (Phi) is 10.3. The highest BCUT2D eigenvalue weighted by Gasteiger charge is 2.35. The number of hydrogen-bond donors (Lipinski definition) is 1. The average Bonchev–Trinajstić information content (AvgIpc) is 3.34. The zero-order valence-electron chi connectivity index (χ0n) is 22.8. The molecule has 13 nitrogen and oxygen atoms in total. The molecule has 0 saturated carbocycles. The van der Waals surface area contributed by atoms with Gasteiger partial charge in [0, 0.05) is 12.6 Å². The molecule has 3 aromatic rings. The summed E-state index contributed by atoms with van der Waals surface area (Å²) >= 11 is 0. The largest absolute Gasteiger partial charge is 0.748 e. The summed E-state index contributed by atoms with van der Waals surface area (Å²) in [5.74, 6) is -1.12. The molecular weight excluding hydrogens is 587 g/mol. The van der Waals surface area contributed by atoms with Crippen molar-refractivity contribution in [3.8, 4) is 16.9 Å². The average molecular weight is 615 g/mol. The quantitative estimate of drug-likeness (QED) is 0.191. The number of nitrogens with zero attached hydrogens (tertiary/aromatic N) is 4. The minimum atomic E-state index is -4.72. The van der Waals surface area contributed by atoms with Gasteiger partial charge in [-0.15, -0.1) is 0 Å². The van der Waals surface area contributed by atoms with Crippen LogP contribution < -0.4 is 4.72 Å². The predicted octanol–water partition coefficient (Wildman–Crippen LogP) is 3.77. The molecule has 228 valence electrons. The molecule has 1 amide bonds. The molecule has 0 aliphatic heterocycles. The highest BCUT2D eigenvalue weighted by molar-refractivity contribution is 7.90. The fourth-order valence-electron chi connectivity index (χ4n) is 3.36. The molecule has 0 atom stereocenters. The van der Waals surface area contributed by atoms with Crippen LogP contribution in [0.4, 0.5) is 18.0 Å². The van der Waals surface area contributed by atoms with Crippen LogP contribution in [0.1, 0.15) is 25.1 Å². The molecule has 0 radical (unpaired) electrons. The summed E-state index contributed by atoms with van der Waals surface area (Å²) in [6, 6.07) is 12.2. The highest BCUT2D eigenvalue weighted by atomic mass is 32.2. The van der Waals surface area contributed by atoms with Gasteiger partial charge in [-0.1, -0.05) is 29.8 Å². The van der Waals surface area contributed by atoms with Crippen LogP contribution in [0.2, 0.25) is 0 Å². The van der Waals surface area contributed by atoms with E-state index in [2.05, 4.69) is 19.4 Å². The highest BCUT2D eigenvalue weighted by Crippen LogP contribution is 2.33. The summed E-state index contributed by atoms with van der Waals surface area (Å²) in [4.78, 5) is 27.7. The van der Waals surface area contributed by atoms with Crippen molar-refractivity contribution in [2.24, 2.45) is 0 Å². The lowest BCUT2D eigenvalue weighted by molar-refractivity contribution is -0.274. The van der Waals surface area contributed by atoms with Gasteiger partial charge in [0.25, 0.3) is 10.0 Å². The number of halogens is 3. The number of aromatic nitrogens is 2. The molecule has 0 fully saturated rings. The Bertz CT molecular complexity index is 1490. The molecule has 0 saturated heterocycles. The number of ether oxygens (including phenoxy) is 2. The predicted molar refractivity (Wildman–Crippen MR) is 141 cm³/mol. The van der Waals surface area contributed by atoms with Gasteiger partial charge in [-0.2, -0.15) is 23.6 Å². The minimum Gasteiger partial charge on any atom is -0.748 e. The Morgan fingerprint density at radius 3 is 2.29 bits per heavy atom. The SMILES string of the molecule is Cc1ccc(-c2cc(C(F)(F)F)nn2-c2ccc(S(=O)(=O)NC(=O)CN(C)N([O-])OCOC(=O)OC(C)C)cc2)cc1. The number of likely N-dealkylation sites (N-methyl/N-ethyl adjacent to an activating group) is 1. The first-order chi connectivity index (χ1) is 19.6. The standard InChI is InChI=1S/C25H27F3N5O8S/c1-16(2)41-24(35)39-15-40-33(36)31(4)14-23(34)30-42(37,38)20-11-9-19(10-12-20)32-21(13-22(29-32)25(26,27)28)18-7-5-17(3)6-8-18/h5-13,16H,14-15H2,1-4H3,(H,30,34)/q-1. The molecule has 1 heterocycles. The van der Waals surface area contributed by atoms with Gasteiger partial charge in [0.05, 0.1) is 28.9 Å². The van der Waals surface area contributed by atoms with Crippen molar-refractivity contribution in [2.75, 3.05) is 20.4 Å². The molecule has 0 aliphatic carbocycles. The lowest BCUT2D eigenvalue weighted by atomic mass is 10.1. The zero-order chi connectivity index (χ0) is 31.2. The Hall–Kier alpha value is -4.03. The summed E-state index contributed by atoms with van der Waals surface area (Å²) in [5, 5.41) is 16.0. The molecule has 0 bridgehead atoms. The molecule has 17 heteroatoms. The number of sulfonamides is 1. The van der Waals surface area contributed by atoms with Gasteiger partial charge in [0.15, 0.2) is 5.69 Å². The molecule has 1 N–H and O–H groups in total. The lowest BCUT2D eigenvalue weighted by Crippen LogP contribution is -2.44. The number of nitrogens with one attached hydrogen (secondary N) is 1. The van der Waals surface area contributed by atoms with E-state index in [0.717, 1.165) is 35.5 Å². The second kappa shape index (κ2) is 13.3. The van der Waals surface area contributed by atoms with E-state index in [0.29, 0.717) is 10.6 Å². The lowest BCUT2D eigenvalue weighted by Gasteiger charge is -2.34. The van der Waals surface area contributed by atoms with E-state index in [4.69, 9.17) is 0 Å². The van der Waals surface area contributed by atoms with Crippen molar-refractivity contribution < 1.29 is 45.5 Å². The topological polar surface area (TPSA) is 155 Å². The second-order valence-electron chi connectivity index (χ2n) is 9.07. The van der Waals surface area contributed by atoms with E-state index in [1.54, 1.807) is 42.8 Å². The number of alkyl halides is 3. The summed E-state index contributed by atoms with van der Waals surface area (Å²) < 4.78 is 77.7.